The fourth-order valence-electron chi connectivity index (χ4n) is 7.51. The predicted molar refractivity (Wildman–Crippen MR) is 168 cm³/mol. The first-order valence-corrected chi connectivity index (χ1v) is 18.6. The Balaban J connectivity index is 1.14. The van der Waals surface area contributed by atoms with Gasteiger partial charge in [0.2, 0.25) is 0 Å². The number of unbranched alkanes of at least 4 members (excludes halogenated alkanes) is 2. The molecule has 272 valence electrons. The molecule has 3 aromatic rings. The van der Waals surface area contributed by atoms with E-state index in [1.807, 2.05) is 6.92 Å². The van der Waals surface area contributed by atoms with Crippen LogP contribution >= 0.6 is 10.2 Å². The minimum absolute atomic E-state index is 0.0469. The Morgan fingerprint density at radius 1 is 0.673 bits per heavy atom. The molecule has 3 aromatic carbocycles. The molecule has 0 saturated heterocycles. The van der Waals surface area contributed by atoms with Gasteiger partial charge in [0.15, 0.2) is 4.90 Å². The predicted octanol–water partition coefficient (Wildman–Crippen LogP) is 13.9. The zero-order valence-corrected chi connectivity index (χ0v) is 27.7. The molecule has 2 saturated carbocycles. The van der Waals surface area contributed by atoms with Crippen LogP contribution in [0.3, 0.4) is 0 Å². The second-order valence-corrected chi connectivity index (χ2v) is 15.9. The van der Waals surface area contributed by atoms with Crippen LogP contribution in [0.2, 0.25) is 0 Å². The maximum Gasteiger partial charge on any atom is 0.386 e. The topological polar surface area (TPSA) is 9.23 Å². The van der Waals surface area contributed by atoms with Crippen molar-refractivity contribution in [2.45, 2.75) is 107 Å². The lowest BCUT2D eigenvalue weighted by molar-refractivity contribution is -0.279. The highest BCUT2D eigenvalue weighted by Crippen LogP contribution is 3.02. The smallest absolute Gasteiger partial charge is 0.313 e. The number of alkyl halides is 2. The van der Waals surface area contributed by atoms with Crippen LogP contribution in [0.25, 0.3) is 11.1 Å². The van der Waals surface area contributed by atoms with E-state index < -0.39 is 67.3 Å². The number of rotatable bonds is 11. The monoisotopic (exact) mass is 728 g/mol. The average molecular weight is 729 g/mol. The summed E-state index contributed by atoms with van der Waals surface area (Å²) in [6.45, 7) is 2.04. The van der Waals surface area contributed by atoms with Crippen LogP contribution < -0.4 is 0 Å². The van der Waals surface area contributed by atoms with Crippen LogP contribution in [-0.4, -0.2) is 6.10 Å². The van der Waals surface area contributed by atoms with Gasteiger partial charge in [-0.25, -0.2) is 17.6 Å². The van der Waals surface area contributed by atoms with Crippen LogP contribution in [0.5, 0.6) is 0 Å². The summed E-state index contributed by atoms with van der Waals surface area (Å²) in [4.78, 5) is -3.26. The third-order valence-electron chi connectivity index (χ3n) is 10.0. The van der Waals surface area contributed by atoms with Gasteiger partial charge in [-0.2, -0.15) is 8.78 Å². The van der Waals surface area contributed by atoms with Gasteiger partial charge in [0, 0.05) is 5.56 Å². The number of hydrogen-bond acceptors (Lipinski definition) is 1. The Hall–Kier alpha value is -2.80. The maximum atomic E-state index is 15.1. The van der Waals surface area contributed by atoms with Gasteiger partial charge in [-0.3, -0.25) is 0 Å². The van der Waals surface area contributed by atoms with Crippen molar-refractivity contribution in [2.75, 3.05) is 0 Å². The molecule has 13 heteroatoms. The van der Waals surface area contributed by atoms with Crippen molar-refractivity contribution in [3.8, 4) is 11.1 Å². The Labute approximate surface area is 279 Å². The summed E-state index contributed by atoms with van der Waals surface area (Å²) in [7, 11) is -10.7. The zero-order chi connectivity index (χ0) is 35.8. The van der Waals surface area contributed by atoms with Gasteiger partial charge in [0.05, 0.1) is 11.7 Å². The van der Waals surface area contributed by atoms with Crippen molar-refractivity contribution in [1.29, 1.82) is 0 Å². The van der Waals surface area contributed by atoms with E-state index in [2.05, 4.69) is 0 Å². The molecule has 0 amide bonds. The van der Waals surface area contributed by atoms with E-state index in [-0.39, 0.29) is 24.0 Å². The maximum absolute atomic E-state index is 15.1. The molecule has 0 aliphatic heterocycles. The highest BCUT2D eigenvalue weighted by Gasteiger charge is 2.69. The molecule has 0 N–H and O–H groups in total. The molecule has 0 atom stereocenters. The molecular weight excluding hydrogens is 689 g/mol. The summed E-state index contributed by atoms with van der Waals surface area (Å²) in [5.41, 5.74) is -0.583. The van der Waals surface area contributed by atoms with Gasteiger partial charge in [-0.1, -0.05) is 57.4 Å². The number of aryl methyl sites for hydroxylation is 1. The van der Waals surface area contributed by atoms with Crippen molar-refractivity contribution in [3.05, 3.63) is 88.5 Å². The van der Waals surface area contributed by atoms with E-state index in [0.29, 0.717) is 62.0 Å². The molecule has 2 fully saturated rings. The highest BCUT2D eigenvalue weighted by atomic mass is 32.5. The van der Waals surface area contributed by atoms with Crippen LogP contribution in [0.15, 0.2) is 53.4 Å². The van der Waals surface area contributed by atoms with Gasteiger partial charge in [0.25, 0.3) is 0 Å². The second kappa shape index (κ2) is 13.4. The number of halogens is 11. The highest BCUT2D eigenvalue weighted by molar-refractivity contribution is 8.45. The fourth-order valence-corrected chi connectivity index (χ4v) is 8.36. The largest absolute Gasteiger partial charge is 0.386 e. The third-order valence-corrected chi connectivity index (χ3v) is 11.2. The first-order valence-electron chi connectivity index (χ1n) is 16.6. The van der Waals surface area contributed by atoms with Crippen molar-refractivity contribution in [2.24, 2.45) is 11.8 Å². The van der Waals surface area contributed by atoms with E-state index in [1.54, 1.807) is 0 Å². The number of hydrogen-bond donors (Lipinski definition) is 0. The van der Waals surface area contributed by atoms with Crippen molar-refractivity contribution >= 4 is 10.2 Å². The summed E-state index contributed by atoms with van der Waals surface area (Å²) in [6, 6.07) is 7.69. The summed E-state index contributed by atoms with van der Waals surface area (Å²) < 4.78 is 158. The Morgan fingerprint density at radius 2 is 1.27 bits per heavy atom. The molecule has 2 aliphatic rings. The van der Waals surface area contributed by atoms with Crippen LogP contribution in [-0.2, 0) is 17.3 Å². The van der Waals surface area contributed by atoms with E-state index in [9.17, 15) is 41.4 Å². The summed E-state index contributed by atoms with van der Waals surface area (Å²) in [6.07, 6.45) is 4.12. The molecular formula is C36H39F11OS. The number of ether oxygens (including phenoxy) is 1. The average Bonchev–Trinajstić information content (AvgIpc) is 2.99. The minimum Gasteiger partial charge on any atom is -0.313 e. The van der Waals surface area contributed by atoms with Gasteiger partial charge >= 0.3 is 16.3 Å². The zero-order valence-electron chi connectivity index (χ0n) is 26.9. The van der Waals surface area contributed by atoms with Gasteiger partial charge in [-0.15, -0.1) is 0 Å². The lowest BCUT2D eigenvalue weighted by atomic mass is 9.69. The molecule has 0 radical (unpaired) electrons. The normalized spacial score (nSPS) is 23.6. The first kappa shape index (κ1) is 37.5. The SMILES string of the molecule is CCCCCc1ccc(C(F)(F)OC2CCC(C3CCC(c4ccc(-c5cc(F)c(S(F)(F)(F)(F)F)c(F)c5)c(F)c4)CC3)CC2)c(F)c1. The molecule has 2 aliphatic carbocycles. The summed E-state index contributed by atoms with van der Waals surface area (Å²) >= 11 is 0. The van der Waals surface area contributed by atoms with Crippen LogP contribution in [0, 0.1) is 35.1 Å². The molecule has 49 heavy (non-hydrogen) atoms. The quantitative estimate of drug-likeness (QED) is 0.141. The molecule has 0 unspecified atom stereocenters. The van der Waals surface area contributed by atoms with Gasteiger partial charge in [-0.05, 0) is 129 Å². The Bertz CT molecular complexity index is 1620. The van der Waals surface area contributed by atoms with E-state index >= 15 is 4.39 Å². The van der Waals surface area contributed by atoms with Crippen molar-refractivity contribution < 1.29 is 50.5 Å². The third kappa shape index (κ3) is 8.93. The Kier molecular flexibility index (Phi) is 10.2. The number of benzene rings is 3. The van der Waals surface area contributed by atoms with Crippen molar-refractivity contribution in [3.63, 3.8) is 0 Å². The lowest BCUT2D eigenvalue weighted by Gasteiger charge is -2.40. The molecule has 0 bridgehead atoms. The van der Waals surface area contributed by atoms with E-state index in [4.69, 9.17) is 4.74 Å². The molecule has 1 nitrogen and oxygen atoms in total. The second-order valence-electron chi connectivity index (χ2n) is 13.5. The van der Waals surface area contributed by atoms with Crippen LogP contribution in [0.1, 0.15) is 100 Å². The summed E-state index contributed by atoms with van der Waals surface area (Å²) in [5, 5.41) is 0. The Morgan fingerprint density at radius 3 is 1.80 bits per heavy atom. The van der Waals surface area contributed by atoms with E-state index in [1.165, 1.54) is 12.1 Å². The molecule has 0 aromatic heterocycles. The first-order chi connectivity index (χ1) is 22.8. The lowest BCUT2D eigenvalue weighted by Crippen LogP contribution is -2.32. The van der Waals surface area contributed by atoms with Crippen molar-refractivity contribution in [1.82, 2.24) is 0 Å². The molecule has 0 heterocycles. The van der Waals surface area contributed by atoms with Gasteiger partial charge in [0.1, 0.15) is 23.3 Å². The molecule has 0 spiro atoms. The summed E-state index contributed by atoms with van der Waals surface area (Å²) in [5.74, 6) is -6.45. The van der Waals surface area contributed by atoms with E-state index in [0.717, 1.165) is 56.4 Å². The van der Waals surface area contributed by atoms with Gasteiger partial charge < -0.3 is 4.74 Å². The minimum atomic E-state index is -10.7. The fraction of sp³-hybridized carbons (Fsp3) is 0.500. The standard InChI is InChI=1S/C36H39F11OS/c1-2-3-4-5-22-6-17-30(32(38)18-22)36(41,42)48-28-14-11-24(12-15-28)23-7-9-25(10-8-23)26-13-16-29(31(37)19-26)27-20-33(39)35(34(40)21-27)49(43,44,45,46)47/h6,13,16-21,23-25,28H,2-5,7-12,14-15H2,1H3. The van der Waals surface area contributed by atoms with Crippen LogP contribution in [0.4, 0.5) is 45.8 Å². The molecule has 5 rings (SSSR count).